The molecule has 2 rings (SSSR count). The van der Waals surface area contributed by atoms with Gasteiger partial charge in [-0.05, 0) is 30.2 Å². The molecule has 0 amide bonds. The molecule has 0 saturated carbocycles. The second kappa shape index (κ2) is 4.94. The van der Waals surface area contributed by atoms with Crippen LogP contribution in [0.25, 0.3) is 0 Å². The predicted octanol–water partition coefficient (Wildman–Crippen LogP) is 4.55. The third kappa shape index (κ3) is 2.63. The molecule has 0 radical (unpaired) electrons. The lowest BCUT2D eigenvalue weighted by Gasteiger charge is -2.12. The fraction of sp³-hybridized carbons (Fsp3) is 0.167. The fourth-order valence-corrected chi connectivity index (χ4v) is 3.16. The van der Waals surface area contributed by atoms with Gasteiger partial charge in [-0.15, -0.1) is 11.3 Å². The van der Waals surface area contributed by atoms with Crippen LogP contribution >= 0.6 is 34.5 Å². The van der Waals surface area contributed by atoms with E-state index < -0.39 is 0 Å². The number of halogens is 3. The molecule has 1 atom stereocenters. The van der Waals surface area contributed by atoms with Gasteiger partial charge in [0.25, 0.3) is 0 Å². The summed E-state index contributed by atoms with van der Waals surface area (Å²) in [7, 11) is 0. The van der Waals surface area contributed by atoms with Crippen LogP contribution in [-0.4, -0.2) is 0 Å². The van der Waals surface area contributed by atoms with Crippen molar-refractivity contribution in [3.8, 4) is 0 Å². The summed E-state index contributed by atoms with van der Waals surface area (Å²) in [4.78, 5) is 0. The summed E-state index contributed by atoms with van der Waals surface area (Å²) in [6, 6.07) is 6.16. The molecular formula is C12H10Cl2FNS. The lowest BCUT2D eigenvalue weighted by molar-refractivity contribution is 0.617. The van der Waals surface area contributed by atoms with Gasteiger partial charge in [-0.25, -0.2) is 4.39 Å². The number of hydrogen-bond acceptors (Lipinski definition) is 2. The van der Waals surface area contributed by atoms with E-state index in [1.807, 2.05) is 0 Å². The lowest BCUT2D eigenvalue weighted by Crippen LogP contribution is -2.11. The molecular weight excluding hydrogens is 280 g/mol. The van der Waals surface area contributed by atoms with Gasteiger partial charge < -0.3 is 5.73 Å². The lowest BCUT2D eigenvalue weighted by atomic mass is 10.0. The Morgan fingerprint density at radius 3 is 2.53 bits per heavy atom. The zero-order valence-electron chi connectivity index (χ0n) is 9.01. The number of aryl methyl sites for hydroxylation is 1. The fourth-order valence-electron chi connectivity index (χ4n) is 1.61. The van der Waals surface area contributed by atoms with Crippen LogP contribution in [0.4, 0.5) is 4.39 Å². The van der Waals surface area contributed by atoms with Gasteiger partial charge in [0, 0.05) is 5.56 Å². The third-order valence-electron chi connectivity index (χ3n) is 2.56. The number of nitrogens with two attached hydrogens (primary N) is 1. The van der Waals surface area contributed by atoms with E-state index in [-0.39, 0.29) is 11.9 Å². The standard InChI is InChI=1S/C12H10Cl2FNS/c1-6-4-7(2-3-9(6)15)11(16)8-5-10(13)17-12(8)14/h2-5,11H,16H2,1H3. The molecule has 0 spiro atoms. The van der Waals surface area contributed by atoms with Gasteiger partial charge in [0.05, 0.1) is 14.7 Å². The van der Waals surface area contributed by atoms with Gasteiger partial charge in [0.1, 0.15) is 5.82 Å². The zero-order chi connectivity index (χ0) is 12.6. The van der Waals surface area contributed by atoms with Crippen molar-refractivity contribution in [3.05, 3.63) is 55.4 Å². The molecule has 0 fully saturated rings. The minimum atomic E-state index is -0.384. The van der Waals surface area contributed by atoms with Crippen LogP contribution in [0.15, 0.2) is 24.3 Å². The average molecular weight is 290 g/mol. The van der Waals surface area contributed by atoms with Crippen molar-refractivity contribution < 1.29 is 4.39 Å². The highest BCUT2D eigenvalue weighted by Crippen LogP contribution is 2.36. The molecule has 2 N–H and O–H groups in total. The minimum absolute atomic E-state index is 0.240. The van der Waals surface area contributed by atoms with Crippen LogP contribution in [0.2, 0.25) is 8.67 Å². The second-order valence-corrected chi connectivity index (χ2v) is 6.05. The first-order valence-corrected chi connectivity index (χ1v) is 6.52. The van der Waals surface area contributed by atoms with Gasteiger partial charge in [-0.1, -0.05) is 35.3 Å². The number of hydrogen-bond donors (Lipinski definition) is 1. The highest BCUT2D eigenvalue weighted by Gasteiger charge is 2.16. The summed E-state index contributed by atoms with van der Waals surface area (Å²) >= 11 is 13.2. The molecule has 1 heterocycles. The number of thiophene rings is 1. The quantitative estimate of drug-likeness (QED) is 0.862. The van der Waals surface area contributed by atoms with Gasteiger partial charge >= 0.3 is 0 Å². The topological polar surface area (TPSA) is 26.0 Å². The van der Waals surface area contributed by atoms with E-state index in [1.165, 1.54) is 17.4 Å². The monoisotopic (exact) mass is 289 g/mol. The van der Waals surface area contributed by atoms with Crippen LogP contribution in [0.1, 0.15) is 22.7 Å². The van der Waals surface area contributed by atoms with Crippen molar-refractivity contribution >= 4 is 34.5 Å². The van der Waals surface area contributed by atoms with Gasteiger partial charge in [-0.3, -0.25) is 0 Å². The second-order valence-electron chi connectivity index (χ2n) is 3.77. The third-order valence-corrected chi connectivity index (χ3v) is 4.08. The zero-order valence-corrected chi connectivity index (χ0v) is 11.3. The van der Waals surface area contributed by atoms with Crippen molar-refractivity contribution in [1.82, 2.24) is 0 Å². The van der Waals surface area contributed by atoms with Crippen molar-refractivity contribution in [2.75, 3.05) is 0 Å². The van der Waals surface area contributed by atoms with Crippen LogP contribution in [-0.2, 0) is 0 Å². The molecule has 17 heavy (non-hydrogen) atoms. The number of benzene rings is 1. The Kier molecular flexibility index (Phi) is 3.73. The Morgan fingerprint density at radius 1 is 1.29 bits per heavy atom. The Hall–Kier alpha value is -0.610. The average Bonchev–Trinajstić information content (AvgIpc) is 2.61. The maximum atomic E-state index is 13.2. The summed E-state index contributed by atoms with van der Waals surface area (Å²) in [5, 5.41) is 0. The Morgan fingerprint density at radius 2 is 2.00 bits per heavy atom. The molecule has 0 aliphatic heterocycles. The molecule has 5 heteroatoms. The van der Waals surface area contributed by atoms with Crippen LogP contribution in [0.5, 0.6) is 0 Å². The Labute approximate surface area is 113 Å². The minimum Gasteiger partial charge on any atom is -0.320 e. The van der Waals surface area contributed by atoms with E-state index in [0.717, 1.165) is 11.1 Å². The van der Waals surface area contributed by atoms with Crippen molar-refractivity contribution in [1.29, 1.82) is 0 Å². The Balaban J connectivity index is 2.40. The first-order chi connectivity index (χ1) is 7.99. The van der Waals surface area contributed by atoms with E-state index in [0.29, 0.717) is 14.2 Å². The normalized spacial score (nSPS) is 12.8. The first kappa shape index (κ1) is 12.8. The highest BCUT2D eigenvalue weighted by atomic mass is 35.5. The molecule has 2 aromatic rings. The molecule has 0 aliphatic rings. The summed E-state index contributed by atoms with van der Waals surface area (Å²) in [5.41, 5.74) is 8.25. The van der Waals surface area contributed by atoms with Crippen LogP contribution < -0.4 is 5.73 Å². The smallest absolute Gasteiger partial charge is 0.126 e. The molecule has 0 aliphatic carbocycles. The first-order valence-electron chi connectivity index (χ1n) is 4.95. The van der Waals surface area contributed by atoms with Crippen molar-refractivity contribution in [2.24, 2.45) is 5.73 Å². The Bertz CT molecular complexity index is 553. The maximum absolute atomic E-state index is 13.2. The highest BCUT2D eigenvalue weighted by molar-refractivity contribution is 7.20. The molecule has 1 unspecified atom stereocenters. The predicted molar refractivity (Wildman–Crippen MR) is 71.5 cm³/mol. The van der Waals surface area contributed by atoms with Gasteiger partial charge in [-0.2, -0.15) is 0 Å². The van der Waals surface area contributed by atoms with Crippen LogP contribution in [0.3, 0.4) is 0 Å². The summed E-state index contributed by atoms with van der Waals surface area (Å²) < 4.78 is 14.3. The molecule has 1 aromatic heterocycles. The van der Waals surface area contributed by atoms with E-state index in [2.05, 4.69) is 0 Å². The SMILES string of the molecule is Cc1cc(C(N)c2cc(Cl)sc2Cl)ccc1F. The molecule has 0 saturated heterocycles. The maximum Gasteiger partial charge on any atom is 0.126 e. The van der Waals surface area contributed by atoms with E-state index >= 15 is 0 Å². The molecule has 90 valence electrons. The van der Waals surface area contributed by atoms with Crippen LogP contribution in [0, 0.1) is 12.7 Å². The summed E-state index contributed by atoms with van der Waals surface area (Å²) in [5.74, 6) is -0.240. The summed E-state index contributed by atoms with van der Waals surface area (Å²) in [6.45, 7) is 1.70. The largest absolute Gasteiger partial charge is 0.320 e. The molecule has 1 aromatic carbocycles. The molecule has 1 nitrogen and oxygen atoms in total. The molecule has 0 bridgehead atoms. The van der Waals surface area contributed by atoms with Gasteiger partial charge in [0.2, 0.25) is 0 Å². The van der Waals surface area contributed by atoms with Crippen molar-refractivity contribution in [2.45, 2.75) is 13.0 Å². The van der Waals surface area contributed by atoms with E-state index in [1.54, 1.807) is 25.1 Å². The number of rotatable bonds is 2. The van der Waals surface area contributed by atoms with E-state index in [4.69, 9.17) is 28.9 Å². The summed E-state index contributed by atoms with van der Waals surface area (Å²) in [6.07, 6.45) is 0. The van der Waals surface area contributed by atoms with E-state index in [9.17, 15) is 4.39 Å². The van der Waals surface area contributed by atoms with Crippen molar-refractivity contribution in [3.63, 3.8) is 0 Å². The van der Waals surface area contributed by atoms with Gasteiger partial charge in [0.15, 0.2) is 0 Å².